The smallest absolute Gasteiger partial charge is 0.00695 e. The summed E-state index contributed by atoms with van der Waals surface area (Å²) in [4.78, 5) is 0. The summed E-state index contributed by atoms with van der Waals surface area (Å²) in [6.45, 7) is 9.85. The van der Waals surface area contributed by atoms with Gasteiger partial charge in [0.1, 0.15) is 0 Å². The van der Waals surface area contributed by atoms with Gasteiger partial charge >= 0.3 is 0 Å². The predicted octanol–water partition coefficient (Wildman–Crippen LogP) is 3.20. The Hall–Kier alpha value is -0.0400. The Labute approximate surface area is 77.9 Å². The standard InChI is InChI=1S/C9H19N.C2H6/c1-8(2)7-9-5-3-4-6-10-9;1-2/h8-10H,3-7H2,1-2H3;1-2H3. The summed E-state index contributed by atoms with van der Waals surface area (Å²) < 4.78 is 0. The van der Waals surface area contributed by atoms with E-state index in [1.54, 1.807) is 0 Å². The fraction of sp³-hybridized carbons (Fsp3) is 1.00. The predicted molar refractivity (Wildman–Crippen MR) is 56.4 cm³/mol. The van der Waals surface area contributed by atoms with Gasteiger partial charge in [-0.2, -0.15) is 0 Å². The van der Waals surface area contributed by atoms with Gasteiger partial charge in [0.15, 0.2) is 0 Å². The molecular formula is C11H25N. The van der Waals surface area contributed by atoms with Crippen LogP contribution in [0.1, 0.15) is 53.4 Å². The third-order valence-electron chi connectivity index (χ3n) is 2.17. The molecule has 1 aliphatic heterocycles. The molecule has 1 nitrogen and oxygen atoms in total. The first-order valence-electron chi connectivity index (χ1n) is 5.52. The Morgan fingerprint density at radius 1 is 1.25 bits per heavy atom. The monoisotopic (exact) mass is 171 g/mol. The summed E-state index contributed by atoms with van der Waals surface area (Å²) in [5.41, 5.74) is 0. The van der Waals surface area contributed by atoms with Crippen LogP contribution in [0, 0.1) is 5.92 Å². The van der Waals surface area contributed by atoms with E-state index in [1.807, 2.05) is 13.8 Å². The molecule has 1 rings (SSSR count). The van der Waals surface area contributed by atoms with Crippen molar-refractivity contribution < 1.29 is 0 Å². The van der Waals surface area contributed by atoms with Gasteiger partial charge in [0, 0.05) is 6.04 Å². The average Bonchev–Trinajstić information content (AvgIpc) is 2.08. The highest BCUT2D eigenvalue weighted by atomic mass is 14.9. The molecule has 1 aliphatic rings. The molecule has 0 aromatic heterocycles. The highest BCUT2D eigenvalue weighted by Crippen LogP contribution is 2.14. The molecule has 0 spiro atoms. The van der Waals surface area contributed by atoms with Crippen molar-refractivity contribution in [3.05, 3.63) is 0 Å². The van der Waals surface area contributed by atoms with E-state index in [0.29, 0.717) is 0 Å². The van der Waals surface area contributed by atoms with E-state index in [2.05, 4.69) is 19.2 Å². The lowest BCUT2D eigenvalue weighted by atomic mass is 9.96. The molecular weight excluding hydrogens is 146 g/mol. The number of nitrogens with one attached hydrogen (secondary N) is 1. The summed E-state index contributed by atoms with van der Waals surface area (Å²) in [5, 5.41) is 3.55. The lowest BCUT2D eigenvalue weighted by Crippen LogP contribution is -2.34. The molecule has 12 heavy (non-hydrogen) atoms. The second kappa shape index (κ2) is 7.60. The molecule has 1 saturated heterocycles. The van der Waals surface area contributed by atoms with Crippen LogP contribution in [0.5, 0.6) is 0 Å². The molecule has 0 aliphatic carbocycles. The van der Waals surface area contributed by atoms with Crippen molar-refractivity contribution in [1.29, 1.82) is 0 Å². The minimum absolute atomic E-state index is 0.828. The van der Waals surface area contributed by atoms with Crippen LogP contribution in [-0.2, 0) is 0 Å². The Kier molecular flexibility index (Phi) is 7.58. The molecule has 1 N–H and O–H groups in total. The van der Waals surface area contributed by atoms with Gasteiger partial charge < -0.3 is 5.32 Å². The molecule has 1 atom stereocenters. The fourth-order valence-electron chi connectivity index (χ4n) is 1.69. The van der Waals surface area contributed by atoms with Crippen LogP contribution in [-0.4, -0.2) is 12.6 Å². The summed E-state index contributed by atoms with van der Waals surface area (Å²) >= 11 is 0. The molecule has 0 saturated carbocycles. The van der Waals surface area contributed by atoms with E-state index < -0.39 is 0 Å². The molecule has 0 radical (unpaired) electrons. The largest absolute Gasteiger partial charge is 0.314 e. The van der Waals surface area contributed by atoms with Crippen LogP contribution in [0.4, 0.5) is 0 Å². The van der Waals surface area contributed by atoms with Crippen molar-refractivity contribution in [2.24, 2.45) is 5.92 Å². The lowest BCUT2D eigenvalue weighted by Gasteiger charge is -2.24. The molecule has 1 heteroatoms. The van der Waals surface area contributed by atoms with Gasteiger partial charge in [-0.25, -0.2) is 0 Å². The maximum atomic E-state index is 3.55. The zero-order chi connectivity index (χ0) is 9.40. The second-order valence-electron chi connectivity index (χ2n) is 3.78. The maximum Gasteiger partial charge on any atom is 0.00695 e. The Bertz CT molecular complexity index is 83.0. The number of piperidine rings is 1. The minimum Gasteiger partial charge on any atom is -0.314 e. The normalized spacial score (nSPS) is 23.2. The van der Waals surface area contributed by atoms with Crippen molar-refractivity contribution in [3.63, 3.8) is 0 Å². The summed E-state index contributed by atoms with van der Waals surface area (Å²) in [7, 11) is 0. The molecule has 0 amide bonds. The van der Waals surface area contributed by atoms with Gasteiger partial charge in [0.2, 0.25) is 0 Å². The Morgan fingerprint density at radius 2 is 1.92 bits per heavy atom. The quantitative estimate of drug-likeness (QED) is 0.673. The van der Waals surface area contributed by atoms with Crippen LogP contribution >= 0.6 is 0 Å². The van der Waals surface area contributed by atoms with Crippen molar-refractivity contribution in [2.75, 3.05) is 6.54 Å². The van der Waals surface area contributed by atoms with E-state index in [4.69, 9.17) is 0 Å². The van der Waals surface area contributed by atoms with Crippen LogP contribution in [0.25, 0.3) is 0 Å². The zero-order valence-electron chi connectivity index (χ0n) is 9.19. The van der Waals surface area contributed by atoms with Crippen molar-refractivity contribution in [1.82, 2.24) is 5.32 Å². The van der Waals surface area contributed by atoms with Gasteiger partial charge in [0.05, 0.1) is 0 Å². The van der Waals surface area contributed by atoms with Crippen LogP contribution in [0.15, 0.2) is 0 Å². The van der Waals surface area contributed by atoms with Crippen molar-refractivity contribution in [2.45, 2.75) is 59.4 Å². The zero-order valence-corrected chi connectivity index (χ0v) is 9.19. The SMILES string of the molecule is CC.CC(C)CC1CCCCN1. The third-order valence-corrected chi connectivity index (χ3v) is 2.17. The maximum absolute atomic E-state index is 3.55. The summed E-state index contributed by atoms with van der Waals surface area (Å²) in [5.74, 6) is 0.857. The lowest BCUT2D eigenvalue weighted by molar-refractivity contribution is 0.347. The van der Waals surface area contributed by atoms with Gasteiger partial charge in [-0.3, -0.25) is 0 Å². The number of rotatable bonds is 2. The van der Waals surface area contributed by atoms with Gasteiger partial charge in [-0.15, -0.1) is 0 Å². The molecule has 1 unspecified atom stereocenters. The molecule has 74 valence electrons. The first-order valence-corrected chi connectivity index (χ1v) is 5.52. The molecule has 0 aromatic carbocycles. The molecule has 1 fully saturated rings. The van der Waals surface area contributed by atoms with Gasteiger partial charge in [-0.1, -0.05) is 34.1 Å². The minimum atomic E-state index is 0.828. The van der Waals surface area contributed by atoms with Crippen LogP contribution in [0.2, 0.25) is 0 Å². The molecule has 0 bridgehead atoms. The van der Waals surface area contributed by atoms with E-state index in [9.17, 15) is 0 Å². The van der Waals surface area contributed by atoms with E-state index in [0.717, 1.165) is 12.0 Å². The molecule has 1 heterocycles. The third kappa shape index (κ3) is 5.59. The van der Waals surface area contributed by atoms with Gasteiger partial charge in [0.25, 0.3) is 0 Å². The Morgan fingerprint density at radius 3 is 2.33 bits per heavy atom. The van der Waals surface area contributed by atoms with E-state index >= 15 is 0 Å². The average molecular weight is 171 g/mol. The van der Waals surface area contributed by atoms with Crippen molar-refractivity contribution >= 4 is 0 Å². The number of hydrogen-bond donors (Lipinski definition) is 1. The highest BCUT2D eigenvalue weighted by molar-refractivity contribution is 4.72. The first-order chi connectivity index (χ1) is 5.79. The summed E-state index contributed by atoms with van der Waals surface area (Å²) in [6, 6.07) is 0.828. The second-order valence-corrected chi connectivity index (χ2v) is 3.78. The van der Waals surface area contributed by atoms with Crippen molar-refractivity contribution in [3.8, 4) is 0 Å². The van der Waals surface area contributed by atoms with E-state index in [1.165, 1.54) is 32.2 Å². The number of hydrogen-bond acceptors (Lipinski definition) is 1. The molecule has 0 aromatic rings. The summed E-state index contributed by atoms with van der Waals surface area (Å²) in [6.07, 6.45) is 5.58. The van der Waals surface area contributed by atoms with Gasteiger partial charge in [-0.05, 0) is 31.7 Å². The Balaban J connectivity index is 0.000000561. The highest BCUT2D eigenvalue weighted by Gasteiger charge is 2.12. The van der Waals surface area contributed by atoms with Crippen LogP contribution < -0.4 is 5.32 Å². The van der Waals surface area contributed by atoms with Crippen LogP contribution in [0.3, 0.4) is 0 Å². The fourth-order valence-corrected chi connectivity index (χ4v) is 1.69. The topological polar surface area (TPSA) is 12.0 Å². The first kappa shape index (κ1) is 12.0. The van der Waals surface area contributed by atoms with E-state index in [-0.39, 0.29) is 0 Å².